The smallest absolute Gasteiger partial charge is 0.0639 e. The highest BCUT2D eigenvalue weighted by Gasteiger charge is 2.29. The Balaban J connectivity index is 5.54. The fourth-order valence-electron chi connectivity index (χ4n) is 0. The van der Waals surface area contributed by atoms with E-state index in [-0.39, 0.29) is 0 Å². The van der Waals surface area contributed by atoms with Gasteiger partial charge < -0.3 is 5.11 Å². The highest BCUT2D eigenvalue weighted by atomic mass is 16.3. The van der Waals surface area contributed by atoms with Crippen LogP contribution in [0, 0.1) is 5.41 Å². The zero-order valence-corrected chi connectivity index (χ0v) is 5.45. The Hall–Kier alpha value is -0.0400. The van der Waals surface area contributed by atoms with E-state index in [1.807, 2.05) is 0 Å². The second-order valence-electron chi connectivity index (χ2n) is 2.96. The lowest BCUT2D eigenvalue weighted by atomic mass is 9.79. The zero-order chi connectivity index (χ0) is 12.0. The van der Waals surface area contributed by atoms with Gasteiger partial charge in [0, 0.05) is 8.22 Å². The van der Waals surface area contributed by atoms with Gasteiger partial charge in [-0.05, 0) is 19.1 Å². The van der Waals surface area contributed by atoms with Gasteiger partial charge in [0.2, 0.25) is 0 Å². The largest absolute Gasteiger partial charge is 0.390 e. The summed E-state index contributed by atoms with van der Waals surface area (Å²) in [5.41, 5.74) is -3.93. The van der Waals surface area contributed by atoms with Crippen molar-refractivity contribution in [3.8, 4) is 0 Å². The van der Waals surface area contributed by atoms with E-state index in [0.717, 1.165) is 0 Å². The Bertz CT molecular complexity index is 172. The first kappa shape index (κ1) is 2.30. The Kier molecular flexibility index (Phi) is 0.496. The molecule has 0 saturated heterocycles. The van der Waals surface area contributed by atoms with E-state index in [4.69, 9.17) is 8.22 Å². The summed E-state index contributed by atoms with van der Waals surface area (Å²) in [5, 5.41) is 9.90. The van der Waals surface area contributed by atoms with Crippen LogP contribution < -0.4 is 0 Å². The van der Waals surface area contributed by atoms with Crippen LogP contribution in [0.2, 0.25) is 0 Å². The number of aliphatic hydroxyl groups is 1. The van der Waals surface area contributed by atoms with Crippen molar-refractivity contribution in [3.05, 3.63) is 0 Å². The van der Waals surface area contributed by atoms with Crippen LogP contribution in [-0.4, -0.2) is 10.7 Å². The lowest BCUT2D eigenvalue weighted by molar-refractivity contribution is -0.0238. The van der Waals surface area contributed by atoms with Gasteiger partial charge in [-0.2, -0.15) is 0 Å². The Labute approximate surface area is 60.2 Å². The molecule has 0 bridgehead atoms. The van der Waals surface area contributed by atoms with Gasteiger partial charge in [0.25, 0.3) is 0 Å². The summed E-state index contributed by atoms with van der Waals surface area (Å²) in [6.45, 7) is -1.68. The van der Waals surface area contributed by atoms with Crippen LogP contribution in [0.25, 0.3) is 0 Å². The zero-order valence-electron chi connectivity index (χ0n) is 11.4. The summed E-state index contributed by atoms with van der Waals surface area (Å²) in [4.78, 5) is 0. The Morgan fingerprint density at radius 3 is 1.62 bits per heavy atom. The van der Waals surface area contributed by atoms with Crippen molar-refractivity contribution in [3.63, 3.8) is 0 Å². The van der Waals surface area contributed by atoms with Crippen LogP contribution in [0.15, 0.2) is 0 Å². The minimum Gasteiger partial charge on any atom is -0.390 e. The molecule has 1 N–H and O–H groups in total. The molecule has 0 aliphatic carbocycles. The molecule has 0 saturated carbocycles. The van der Waals surface area contributed by atoms with Gasteiger partial charge in [0.05, 0.1) is 5.60 Å². The average molecular weight is 122 g/mol. The third-order valence-corrected chi connectivity index (χ3v) is 1.09. The molecule has 0 unspecified atom stereocenters. The molecule has 1 nitrogen and oxygen atoms in total. The fourth-order valence-corrected chi connectivity index (χ4v) is 0. The number of hydrogen-bond donors (Lipinski definition) is 1. The van der Waals surface area contributed by atoms with Gasteiger partial charge in [-0.3, -0.25) is 0 Å². The minimum absolute atomic E-state index is 1.25. The predicted octanol–water partition coefficient (Wildman–Crippen LogP) is 1.80. The SMILES string of the molecule is [2H]C([2H])([2H])C(O)(C([2H])([2H])[2H])C(C)(C)C. The molecule has 8 heavy (non-hydrogen) atoms. The second kappa shape index (κ2) is 1.73. The molecule has 1 heteroatoms. The van der Waals surface area contributed by atoms with Gasteiger partial charge in [-0.1, -0.05) is 20.8 Å². The summed E-state index contributed by atoms with van der Waals surface area (Å²) < 4.78 is 42.7. The molecule has 0 aromatic carbocycles. The van der Waals surface area contributed by atoms with Gasteiger partial charge in [0.15, 0.2) is 0 Å². The molecule has 0 heterocycles. The van der Waals surface area contributed by atoms with Crippen LogP contribution in [0.3, 0.4) is 0 Å². The average Bonchev–Trinajstić information content (AvgIpc) is 1.77. The van der Waals surface area contributed by atoms with Crippen LogP contribution in [-0.2, 0) is 0 Å². The van der Waals surface area contributed by atoms with E-state index in [9.17, 15) is 5.11 Å². The highest BCUT2D eigenvalue weighted by Crippen LogP contribution is 2.28. The van der Waals surface area contributed by atoms with Gasteiger partial charge >= 0.3 is 0 Å². The van der Waals surface area contributed by atoms with Crippen molar-refractivity contribution < 1.29 is 13.3 Å². The quantitative estimate of drug-likeness (QED) is 0.519. The maximum Gasteiger partial charge on any atom is 0.0639 e. The number of hydrogen-bond acceptors (Lipinski definition) is 1. The van der Waals surface area contributed by atoms with Crippen molar-refractivity contribution in [2.45, 2.75) is 40.1 Å². The molecule has 0 radical (unpaired) electrons. The van der Waals surface area contributed by atoms with Crippen molar-refractivity contribution in [1.82, 2.24) is 0 Å². The molecule has 0 rings (SSSR count). The summed E-state index contributed by atoms with van der Waals surface area (Å²) in [6.07, 6.45) is 0. The molecular weight excluding hydrogens is 100 g/mol. The van der Waals surface area contributed by atoms with Gasteiger partial charge in [0.1, 0.15) is 0 Å². The molecule has 0 spiro atoms. The first-order chi connectivity index (χ1) is 5.75. The summed E-state index contributed by atoms with van der Waals surface area (Å²) in [5.74, 6) is 0. The van der Waals surface area contributed by atoms with Crippen LogP contribution >= 0.6 is 0 Å². The molecule has 0 aromatic rings. The fraction of sp³-hybridized carbons (Fsp3) is 1.00. The first-order valence-electron chi connectivity index (χ1n) is 5.47. The summed E-state index contributed by atoms with van der Waals surface area (Å²) in [6, 6.07) is 0. The van der Waals surface area contributed by atoms with Crippen molar-refractivity contribution in [2.75, 3.05) is 0 Å². The van der Waals surface area contributed by atoms with Crippen molar-refractivity contribution in [2.24, 2.45) is 5.41 Å². The van der Waals surface area contributed by atoms with Crippen LogP contribution in [0.4, 0.5) is 0 Å². The van der Waals surface area contributed by atoms with Crippen molar-refractivity contribution >= 4 is 0 Å². The lowest BCUT2D eigenvalue weighted by Gasteiger charge is -2.33. The maximum atomic E-state index is 9.90. The minimum atomic E-state index is -2.93. The molecule has 0 aliphatic heterocycles. The van der Waals surface area contributed by atoms with Gasteiger partial charge in [-0.25, -0.2) is 0 Å². The Morgan fingerprint density at radius 2 is 1.62 bits per heavy atom. The molecule has 0 aliphatic rings. The second-order valence-corrected chi connectivity index (χ2v) is 2.96. The highest BCUT2D eigenvalue weighted by molar-refractivity contribution is 4.80. The topological polar surface area (TPSA) is 20.2 Å². The molecule has 0 aromatic heterocycles. The van der Waals surface area contributed by atoms with E-state index >= 15 is 0 Å². The van der Waals surface area contributed by atoms with Crippen LogP contribution in [0.1, 0.15) is 42.7 Å². The van der Waals surface area contributed by atoms with E-state index in [1.165, 1.54) is 20.8 Å². The third kappa shape index (κ3) is 1.83. The standard InChI is InChI=1S/C7H16O/c1-6(2,3)7(4,5)8/h8H,1-5H3/i4D3,5D3. The van der Waals surface area contributed by atoms with Crippen LogP contribution in [0.5, 0.6) is 0 Å². The lowest BCUT2D eigenvalue weighted by Crippen LogP contribution is -2.35. The van der Waals surface area contributed by atoms with Gasteiger partial charge in [-0.15, -0.1) is 0 Å². The molecule has 50 valence electrons. The van der Waals surface area contributed by atoms with E-state index in [2.05, 4.69) is 0 Å². The maximum absolute atomic E-state index is 9.90. The first-order valence-corrected chi connectivity index (χ1v) is 2.47. The normalized spacial score (nSPS) is 28.5. The molecule has 0 fully saturated rings. The third-order valence-electron chi connectivity index (χ3n) is 1.09. The van der Waals surface area contributed by atoms with E-state index in [0.29, 0.717) is 0 Å². The Morgan fingerprint density at radius 1 is 1.25 bits per heavy atom. The van der Waals surface area contributed by atoms with E-state index < -0.39 is 24.7 Å². The summed E-state index contributed by atoms with van der Waals surface area (Å²) in [7, 11) is 0. The van der Waals surface area contributed by atoms with Crippen molar-refractivity contribution in [1.29, 1.82) is 0 Å². The molecule has 0 atom stereocenters. The van der Waals surface area contributed by atoms with E-state index in [1.54, 1.807) is 0 Å². The summed E-state index contributed by atoms with van der Waals surface area (Å²) >= 11 is 0. The monoisotopic (exact) mass is 122 g/mol. The molecule has 0 amide bonds. The molecular formula is C7H16O. The number of rotatable bonds is 0. The predicted molar refractivity (Wildman–Crippen MR) is 35.8 cm³/mol.